The van der Waals surface area contributed by atoms with E-state index in [0.29, 0.717) is 31.8 Å². The number of alkyl carbamates (subject to hydrolysis) is 1. The second kappa shape index (κ2) is 10.9. The summed E-state index contributed by atoms with van der Waals surface area (Å²) < 4.78 is 5.49. The lowest BCUT2D eigenvalue weighted by molar-refractivity contribution is -0.141. The second-order valence-corrected chi connectivity index (χ2v) is 11.5. The van der Waals surface area contributed by atoms with Gasteiger partial charge in [0.2, 0.25) is 5.91 Å². The third kappa shape index (κ3) is 6.90. The summed E-state index contributed by atoms with van der Waals surface area (Å²) in [6, 6.07) is 1.97. The molecule has 4 rings (SSSR count). The Labute approximate surface area is 211 Å². The van der Waals surface area contributed by atoms with E-state index in [9.17, 15) is 9.59 Å². The van der Waals surface area contributed by atoms with E-state index in [4.69, 9.17) is 4.74 Å². The summed E-state index contributed by atoms with van der Waals surface area (Å²) in [5.74, 6) is 1.23. The quantitative estimate of drug-likeness (QED) is 0.592. The van der Waals surface area contributed by atoms with Gasteiger partial charge in [0.15, 0.2) is 5.13 Å². The zero-order valence-corrected chi connectivity index (χ0v) is 21.7. The number of amides is 2. The van der Waals surface area contributed by atoms with Crippen LogP contribution < -0.4 is 10.6 Å². The molecular formula is C25H36N6O3S. The lowest BCUT2D eigenvalue weighted by atomic mass is 9.79. The number of anilines is 2. The van der Waals surface area contributed by atoms with E-state index in [1.165, 1.54) is 11.3 Å². The number of nitrogens with one attached hydrogen (secondary N) is 2. The SMILES string of the molecule is CC(C)(C)OC(=O)NC1(C(=O)N2CCC(Cc3cc(Nc4nccs4)ncn3)CC2)CCCCC1. The number of thiazole rings is 1. The normalized spacial score (nSPS) is 18.7. The highest BCUT2D eigenvalue weighted by Crippen LogP contribution is 2.32. The maximum absolute atomic E-state index is 13.7. The fraction of sp³-hybridized carbons (Fsp3) is 0.640. The Morgan fingerprint density at radius 1 is 1.14 bits per heavy atom. The summed E-state index contributed by atoms with van der Waals surface area (Å²) in [6.45, 7) is 6.89. The van der Waals surface area contributed by atoms with Crippen LogP contribution in [0.25, 0.3) is 0 Å². The highest BCUT2D eigenvalue weighted by molar-refractivity contribution is 7.13. The molecule has 1 aliphatic carbocycles. The van der Waals surface area contributed by atoms with Crippen molar-refractivity contribution in [1.82, 2.24) is 25.2 Å². The van der Waals surface area contributed by atoms with E-state index in [-0.39, 0.29) is 5.91 Å². The van der Waals surface area contributed by atoms with Crippen molar-refractivity contribution < 1.29 is 14.3 Å². The fourth-order valence-corrected chi connectivity index (χ4v) is 5.49. The molecule has 0 atom stereocenters. The van der Waals surface area contributed by atoms with Crippen molar-refractivity contribution in [2.24, 2.45) is 5.92 Å². The predicted octanol–water partition coefficient (Wildman–Crippen LogP) is 4.69. The fourth-order valence-electron chi connectivity index (χ4n) is 4.96. The van der Waals surface area contributed by atoms with Crippen LogP contribution in [0.3, 0.4) is 0 Å². The summed E-state index contributed by atoms with van der Waals surface area (Å²) in [7, 11) is 0. The lowest BCUT2D eigenvalue weighted by Gasteiger charge is -2.42. The Bertz CT molecular complexity index is 993. The number of likely N-dealkylation sites (tertiary alicyclic amines) is 1. The predicted molar refractivity (Wildman–Crippen MR) is 136 cm³/mol. The standard InChI is InChI=1S/C25H36N6O3S/c1-24(2,3)34-23(33)30-25(9-5-4-6-10-25)21(32)31-12-7-18(8-13-31)15-19-16-20(28-17-27-19)29-22-26-11-14-35-22/h11,14,16-18H,4-10,12-13,15H2,1-3H3,(H,30,33)(H,26,27,28,29). The third-order valence-corrected chi connectivity index (χ3v) is 7.34. The number of carbonyl (C=O) groups excluding carboxylic acids is 2. The van der Waals surface area contributed by atoms with Gasteiger partial charge in [-0.3, -0.25) is 4.79 Å². The number of nitrogens with zero attached hydrogens (tertiary/aromatic N) is 4. The average Bonchev–Trinajstić information content (AvgIpc) is 3.32. The first kappa shape index (κ1) is 25.3. The molecule has 9 nitrogen and oxygen atoms in total. The van der Waals surface area contributed by atoms with Crippen molar-refractivity contribution in [3.63, 3.8) is 0 Å². The minimum absolute atomic E-state index is 0.0403. The first-order chi connectivity index (χ1) is 16.7. The maximum Gasteiger partial charge on any atom is 0.408 e. The smallest absolute Gasteiger partial charge is 0.408 e. The van der Waals surface area contributed by atoms with Crippen molar-refractivity contribution >= 4 is 34.3 Å². The van der Waals surface area contributed by atoms with Crippen LogP contribution >= 0.6 is 11.3 Å². The van der Waals surface area contributed by atoms with Gasteiger partial charge >= 0.3 is 6.09 Å². The number of aromatic nitrogens is 3. The Kier molecular flexibility index (Phi) is 7.88. The number of hydrogen-bond donors (Lipinski definition) is 2. The van der Waals surface area contributed by atoms with Gasteiger partial charge in [-0.15, -0.1) is 11.3 Å². The summed E-state index contributed by atoms with van der Waals surface area (Å²) >= 11 is 1.53. The minimum Gasteiger partial charge on any atom is -0.444 e. The first-order valence-electron chi connectivity index (χ1n) is 12.5. The molecule has 10 heteroatoms. The van der Waals surface area contributed by atoms with Crippen molar-refractivity contribution in [3.05, 3.63) is 29.7 Å². The highest BCUT2D eigenvalue weighted by atomic mass is 32.1. The Balaban J connectivity index is 1.34. The molecule has 190 valence electrons. The number of rotatable bonds is 6. The van der Waals surface area contributed by atoms with Gasteiger partial charge in [-0.1, -0.05) is 19.3 Å². The van der Waals surface area contributed by atoms with Gasteiger partial charge in [-0.2, -0.15) is 0 Å². The molecule has 2 N–H and O–H groups in total. The number of piperidine rings is 1. The molecule has 1 saturated heterocycles. The van der Waals surface area contributed by atoms with Gasteiger partial charge in [0.25, 0.3) is 0 Å². The van der Waals surface area contributed by atoms with Gasteiger partial charge in [0.05, 0.1) is 0 Å². The van der Waals surface area contributed by atoms with Gasteiger partial charge < -0.3 is 20.3 Å². The van der Waals surface area contributed by atoms with Crippen molar-refractivity contribution in [2.75, 3.05) is 18.4 Å². The monoisotopic (exact) mass is 500 g/mol. The van der Waals surface area contributed by atoms with Crippen LogP contribution in [0.15, 0.2) is 24.0 Å². The Hall–Kier alpha value is -2.75. The van der Waals surface area contributed by atoms with Crippen LogP contribution in [-0.2, 0) is 16.0 Å². The van der Waals surface area contributed by atoms with E-state index in [1.807, 2.05) is 37.1 Å². The first-order valence-corrected chi connectivity index (χ1v) is 13.4. The summed E-state index contributed by atoms with van der Waals surface area (Å²) in [6.07, 6.45) is 9.79. The Morgan fingerprint density at radius 2 is 1.89 bits per heavy atom. The molecule has 0 radical (unpaired) electrons. The van der Waals surface area contributed by atoms with Crippen LogP contribution in [0, 0.1) is 5.92 Å². The van der Waals surface area contributed by atoms with Gasteiger partial charge in [0.1, 0.15) is 23.3 Å². The molecule has 2 aromatic heterocycles. The lowest BCUT2D eigenvalue weighted by Crippen LogP contribution is -2.62. The molecule has 0 aromatic carbocycles. The minimum atomic E-state index is -0.851. The molecule has 35 heavy (non-hydrogen) atoms. The number of ether oxygens (including phenoxy) is 1. The largest absolute Gasteiger partial charge is 0.444 e. The van der Waals surface area contributed by atoms with E-state index in [2.05, 4.69) is 25.6 Å². The zero-order valence-electron chi connectivity index (χ0n) is 20.9. The zero-order chi connectivity index (χ0) is 24.9. The van der Waals surface area contributed by atoms with Gasteiger partial charge in [0, 0.05) is 36.4 Å². The summed E-state index contributed by atoms with van der Waals surface area (Å²) in [5, 5.41) is 8.91. The van der Waals surface area contributed by atoms with Crippen molar-refractivity contribution in [3.8, 4) is 0 Å². The highest BCUT2D eigenvalue weighted by Gasteiger charge is 2.44. The maximum atomic E-state index is 13.7. The molecule has 0 unspecified atom stereocenters. The topological polar surface area (TPSA) is 109 Å². The molecule has 2 fully saturated rings. The van der Waals surface area contributed by atoms with Crippen LogP contribution in [-0.4, -0.2) is 56.1 Å². The summed E-state index contributed by atoms with van der Waals surface area (Å²) in [5.41, 5.74) is -0.465. The molecule has 1 saturated carbocycles. The molecular weight excluding hydrogens is 464 g/mol. The number of hydrogen-bond acceptors (Lipinski definition) is 8. The molecule has 0 bridgehead atoms. The van der Waals surface area contributed by atoms with E-state index >= 15 is 0 Å². The molecule has 2 amide bonds. The molecule has 0 spiro atoms. The van der Waals surface area contributed by atoms with Gasteiger partial charge in [-0.25, -0.2) is 19.7 Å². The van der Waals surface area contributed by atoms with E-state index < -0.39 is 17.2 Å². The third-order valence-electron chi connectivity index (χ3n) is 6.65. The van der Waals surface area contributed by atoms with E-state index in [1.54, 1.807) is 12.5 Å². The van der Waals surface area contributed by atoms with Gasteiger partial charge in [-0.05, 0) is 58.8 Å². The Morgan fingerprint density at radius 3 is 2.54 bits per heavy atom. The molecule has 3 heterocycles. The van der Waals surface area contributed by atoms with Crippen molar-refractivity contribution in [1.29, 1.82) is 0 Å². The molecule has 2 aliphatic rings. The molecule has 1 aliphatic heterocycles. The van der Waals surface area contributed by atoms with Crippen LogP contribution in [0.2, 0.25) is 0 Å². The molecule has 2 aromatic rings. The number of carbonyl (C=O) groups is 2. The summed E-state index contributed by atoms with van der Waals surface area (Å²) in [4.78, 5) is 41.2. The average molecular weight is 501 g/mol. The second-order valence-electron chi connectivity index (χ2n) is 10.6. The van der Waals surface area contributed by atoms with Crippen molar-refractivity contribution in [2.45, 2.75) is 83.3 Å². The van der Waals surface area contributed by atoms with E-state index in [0.717, 1.165) is 55.2 Å². The van der Waals surface area contributed by atoms with Crippen LogP contribution in [0.1, 0.15) is 71.4 Å². The van der Waals surface area contributed by atoms with Crippen LogP contribution in [0.4, 0.5) is 15.7 Å². The van der Waals surface area contributed by atoms with Crippen LogP contribution in [0.5, 0.6) is 0 Å².